The molecule has 0 fully saturated rings. The lowest BCUT2D eigenvalue weighted by molar-refractivity contribution is 0.369. The van der Waals surface area contributed by atoms with Crippen LogP contribution in [0.2, 0.25) is 0 Å². The van der Waals surface area contributed by atoms with Crippen molar-refractivity contribution in [2.45, 2.75) is 13.1 Å². The summed E-state index contributed by atoms with van der Waals surface area (Å²) in [5, 5.41) is 12.1. The third kappa shape index (κ3) is 3.91. The molecule has 0 amide bonds. The lowest BCUT2D eigenvalue weighted by Gasteiger charge is -2.07. The highest BCUT2D eigenvalue weighted by atomic mass is 16.5. The maximum Gasteiger partial charge on any atom is 0.283 e. The van der Waals surface area contributed by atoms with Gasteiger partial charge in [0.15, 0.2) is 11.2 Å². The highest BCUT2D eigenvalue weighted by Crippen LogP contribution is 2.31. The van der Waals surface area contributed by atoms with Gasteiger partial charge in [0.2, 0.25) is 11.7 Å². The van der Waals surface area contributed by atoms with Gasteiger partial charge in [0.05, 0.1) is 26.3 Å². The summed E-state index contributed by atoms with van der Waals surface area (Å²) in [7, 11) is 3.12. The van der Waals surface area contributed by atoms with Crippen molar-refractivity contribution in [2.24, 2.45) is 0 Å². The van der Waals surface area contributed by atoms with Crippen LogP contribution in [0.5, 0.6) is 11.5 Å². The minimum absolute atomic E-state index is 0.0405. The van der Waals surface area contributed by atoms with E-state index in [0.29, 0.717) is 35.1 Å². The molecule has 11 nitrogen and oxygen atoms in total. The Kier molecular flexibility index (Phi) is 5.27. The Balaban J connectivity index is 1.41. The second-order valence-corrected chi connectivity index (χ2v) is 7.16. The lowest BCUT2D eigenvalue weighted by atomic mass is 10.2. The van der Waals surface area contributed by atoms with Crippen LogP contribution >= 0.6 is 0 Å². The predicted molar refractivity (Wildman–Crippen MR) is 117 cm³/mol. The summed E-state index contributed by atoms with van der Waals surface area (Å²) < 4.78 is 18.9. The molecule has 166 valence electrons. The van der Waals surface area contributed by atoms with Crippen LogP contribution in [0.15, 0.2) is 64.2 Å². The van der Waals surface area contributed by atoms with E-state index in [1.54, 1.807) is 37.1 Å². The van der Waals surface area contributed by atoms with E-state index in [1.807, 2.05) is 30.3 Å². The minimum Gasteiger partial charge on any atom is -0.497 e. The van der Waals surface area contributed by atoms with Crippen molar-refractivity contribution < 1.29 is 14.0 Å². The predicted octanol–water partition coefficient (Wildman–Crippen LogP) is 2.15. The molecule has 0 bridgehead atoms. The van der Waals surface area contributed by atoms with E-state index in [0.717, 1.165) is 5.56 Å². The molecule has 0 aliphatic heterocycles. The van der Waals surface area contributed by atoms with Gasteiger partial charge in [-0.25, -0.2) is 9.67 Å². The fraction of sp³-hybridized carbons (Fsp3) is 0.182. The SMILES string of the molecule is COc1ccc(-c2noc(Cn3cnc4c(nnn4Cc4ccccc4)c3=O)n2)c(OC)c1. The number of ether oxygens (including phenoxy) is 2. The number of fused-ring (bicyclic) bond motifs is 1. The van der Waals surface area contributed by atoms with Crippen LogP contribution in [0.4, 0.5) is 0 Å². The zero-order chi connectivity index (χ0) is 22.8. The standard InChI is InChI=1S/C22H19N7O4/c1-31-15-8-9-16(17(10-15)32-2)20-24-18(33-26-20)12-28-13-23-21-19(22(28)30)25-27-29(21)11-14-6-4-3-5-7-14/h3-10,13H,11-12H2,1-2H3. The average molecular weight is 445 g/mol. The number of methoxy groups -OCH3 is 2. The zero-order valence-electron chi connectivity index (χ0n) is 17.9. The molecule has 3 heterocycles. The summed E-state index contributed by atoms with van der Waals surface area (Å²) in [6.07, 6.45) is 1.42. The first-order valence-electron chi connectivity index (χ1n) is 10.0. The van der Waals surface area contributed by atoms with Gasteiger partial charge in [-0.2, -0.15) is 4.98 Å². The van der Waals surface area contributed by atoms with E-state index in [2.05, 4.69) is 25.4 Å². The average Bonchev–Trinajstić information content (AvgIpc) is 3.48. The van der Waals surface area contributed by atoms with Gasteiger partial charge >= 0.3 is 0 Å². The Bertz CT molecular complexity index is 1470. The van der Waals surface area contributed by atoms with E-state index >= 15 is 0 Å². The summed E-state index contributed by atoms with van der Waals surface area (Å²) in [5.41, 5.74) is 1.90. The summed E-state index contributed by atoms with van der Waals surface area (Å²) in [6, 6.07) is 15.0. The second kappa shape index (κ2) is 8.54. The molecule has 0 spiro atoms. The molecule has 0 radical (unpaired) electrons. The fourth-order valence-corrected chi connectivity index (χ4v) is 3.42. The van der Waals surface area contributed by atoms with Crippen molar-refractivity contribution in [3.05, 3.63) is 76.7 Å². The van der Waals surface area contributed by atoms with Crippen molar-refractivity contribution in [1.82, 2.24) is 34.7 Å². The zero-order valence-corrected chi connectivity index (χ0v) is 17.9. The maximum atomic E-state index is 12.9. The largest absolute Gasteiger partial charge is 0.497 e. The fourth-order valence-electron chi connectivity index (χ4n) is 3.42. The quantitative estimate of drug-likeness (QED) is 0.371. The highest BCUT2D eigenvalue weighted by Gasteiger charge is 2.17. The number of benzene rings is 2. The highest BCUT2D eigenvalue weighted by molar-refractivity contribution is 5.68. The molecular weight excluding hydrogens is 426 g/mol. The van der Waals surface area contributed by atoms with Gasteiger partial charge in [0.25, 0.3) is 5.56 Å². The van der Waals surface area contributed by atoms with E-state index in [9.17, 15) is 4.79 Å². The molecule has 0 saturated carbocycles. The summed E-state index contributed by atoms with van der Waals surface area (Å²) in [6.45, 7) is 0.503. The van der Waals surface area contributed by atoms with Gasteiger partial charge in [-0.1, -0.05) is 40.7 Å². The first-order valence-corrected chi connectivity index (χ1v) is 10.0. The normalized spacial score (nSPS) is 11.1. The van der Waals surface area contributed by atoms with Crippen LogP contribution in [-0.4, -0.2) is 48.9 Å². The molecular formula is C22H19N7O4. The molecule has 0 aliphatic carbocycles. The van der Waals surface area contributed by atoms with Crippen LogP contribution in [0.1, 0.15) is 11.5 Å². The van der Waals surface area contributed by atoms with Crippen molar-refractivity contribution in [3.63, 3.8) is 0 Å². The van der Waals surface area contributed by atoms with Crippen LogP contribution < -0.4 is 15.0 Å². The Morgan fingerprint density at radius 1 is 1.03 bits per heavy atom. The van der Waals surface area contributed by atoms with Crippen LogP contribution in [0.3, 0.4) is 0 Å². The van der Waals surface area contributed by atoms with Crippen molar-refractivity contribution in [3.8, 4) is 22.9 Å². The second-order valence-electron chi connectivity index (χ2n) is 7.16. The number of rotatable bonds is 7. The summed E-state index contributed by atoms with van der Waals surface area (Å²) in [4.78, 5) is 21.7. The molecule has 3 aromatic heterocycles. The smallest absolute Gasteiger partial charge is 0.283 e. The van der Waals surface area contributed by atoms with Crippen LogP contribution in [0.25, 0.3) is 22.6 Å². The summed E-state index contributed by atoms with van der Waals surface area (Å²) >= 11 is 0. The number of nitrogens with zero attached hydrogens (tertiary/aromatic N) is 7. The molecule has 5 rings (SSSR count). The minimum atomic E-state index is -0.346. The molecule has 0 N–H and O–H groups in total. The third-order valence-corrected chi connectivity index (χ3v) is 5.09. The lowest BCUT2D eigenvalue weighted by Crippen LogP contribution is -2.21. The van der Waals surface area contributed by atoms with Crippen molar-refractivity contribution in [1.29, 1.82) is 0 Å². The molecule has 33 heavy (non-hydrogen) atoms. The van der Waals surface area contributed by atoms with Crippen molar-refractivity contribution >= 4 is 11.2 Å². The van der Waals surface area contributed by atoms with Gasteiger partial charge < -0.3 is 14.0 Å². The van der Waals surface area contributed by atoms with Gasteiger partial charge in [-0.3, -0.25) is 9.36 Å². The van der Waals surface area contributed by atoms with Crippen molar-refractivity contribution in [2.75, 3.05) is 14.2 Å². The Morgan fingerprint density at radius 2 is 1.88 bits per heavy atom. The van der Waals surface area contributed by atoms with Gasteiger partial charge in [-0.15, -0.1) is 5.10 Å². The number of hydrogen-bond donors (Lipinski definition) is 0. The molecule has 0 aliphatic rings. The number of aromatic nitrogens is 7. The maximum absolute atomic E-state index is 12.9. The molecule has 2 aromatic carbocycles. The Morgan fingerprint density at radius 3 is 2.67 bits per heavy atom. The van der Waals surface area contributed by atoms with E-state index in [4.69, 9.17) is 14.0 Å². The Hall–Kier alpha value is -4.54. The van der Waals surface area contributed by atoms with Crippen LogP contribution in [0, 0.1) is 0 Å². The molecule has 0 unspecified atom stereocenters. The van der Waals surface area contributed by atoms with Gasteiger partial charge in [-0.05, 0) is 17.7 Å². The van der Waals surface area contributed by atoms with Crippen LogP contribution in [-0.2, 0) is 13.1 Å². The molecule has 5 aromatic rings. The first kappa shape index (κ1) is 20.4. The topological polar surface area (TPSA) is 123 Å². The van der Waals surface area contributed by atoms with E-state index in [1.165, 1.54) is 10.9 Å². The first-order chi connectivity index (χ1) is 16.2. The van der Waals surface area contributed by atoms with E-state index in [-0.39, 0.29) is 23.5 Å². The Labute approximate surface area is 187 Å². The molecule has 0 saturated heterocycles. The molecule has 11 heteroatoms. The summed E-state index contributed by atoms with van der Waals surface area (Å²) in [5.74, 6) is 1.76. The van der Waals surface area contributed by atoms with E-state index < -0.39 is 0 Å². The number of hydrogen-bond acceptors (Lipinski definition) is 9. The van der Waals surface area contributed by atoms with Gasteiger partial charge in [0.1, 0.15) is 24.4 Å². The monoisotopic (exact) mass is 445 g/mol. The van der Waals surface area contributed by atoms with Gasteiger partial charge in [0, 0.05) is 6.07 Å². The molecule has 0 atom stereocenters. The third-order valence-electron chi connectivity index (χ3n) is 5.09.